The summed E-state index contributed by atoms with van der Waals surface area (Å²) in [6.07, 6.45) is 0. The summed E-state index contributed by atoms with van der Waals surface area (Å²) in [6.45, 7) is 0.750. The number of hydrogen-bond donors (Lipinski definition) is 3. The summed E-state index contributed by atoms with van der Waals surface area (Å²) in [5, 5.41) is 34.3. The van der Waals surface area contributed by atoms with Crippen LogP contribution in [0.25, 0.3) is 0 Å². The van der Waals surface area contributed by atoms with Crippen LogP contribution in [0.2, 0.25) is 0 Å². The number of nitrogens with one attached hydrogen (secondary N) is 1. The van der Waals surface area contributed by atoms with Crippen LogP contribution >= 0.6 is 0 Å². The number of carbonyl (C=O) groups is 3. The van der Waals surface area contributed by atoms with Crippen molar-refractivity contribution >= 4 is 29.2 Å². The summed E-state index contributed by atoms with van der Waals surface area (Å²) in [4.78, 5) is 50.9. The molecule has 2 aliphatic heterocycles. The van der Waals surface area contributed by atoms with Gasteiger partial charge in [-0.25, -0.2) is 4.90 Å². The van der Waals surface area contributed by atoms with Gasteiger partial charge in [0.25, 0.3) is 5.69 Å². The van der Waals surface area contributed by atoms with Crippen LogP contribution in [0.5, 0.6) is 11.5 Å². The summed E-state index contributed by atoms with van der Waals surface area (Å²) in [6, 6.07) is 7.16. The molecule has 4 atom stereocenters. The number of amides is 2. The van der Waals surface area contributed by atoms with Crippen LogP contribution in [-0.4, -0.2) is 59.3 Å². The number of carboxylic acid groups (broad SMARTS) is 1. The van der Waals surface area contributed by atoms with E-state index in [1.54, 1.807) is 19.1 Å². The van der Waals surface area contributed by atoms with Crippen molar-refractivity contribution in [3.63, 3.8) is 0 Å². The van der Waals surface area contributed by atoms with E-state index >= 15 is 0 Å². The Balaban J connectivity index is 1.89. The second-order valence-electron chi connectivity index (χ2n) is 8.36. The largest absolute Gasteiger partial charge is 0.496 e. The molecule has 0 saturated carbocycles. The number of imide groups is 1. The molecule has 4 unspecified atom stereocenters. The highest BCUT2D eigenvalue weighted by Crippen LogP contribution is 2.52. The highest BCUT2D eigenvalue weighted by Gasteiger charge is 2.69. The molecule has 0 aromatic heterocycles. The molecule has 2 aliphatic rings. The number of fused-ring (bicyclic) bond motifs is 1. The van der Waals surface area contributed by atoms with E-state index in [9.17, 15) is 34.7 Å². The SMILES string of the molecule is COc1ccc(C2NC(CO)(C(=O)O)C3C(=O)N(c4cccc([N+](=O)[O-])c4)C(=O)C23)c(OC)c1C. The Morgan fingerprint density at radius 3 is 2.49 bits per heavy atom. The fourth-order valence-electron chi connectivity index (χ4n) is 5.11. The maximum Gasteiger partial charge on any atom is 0.327 e. The van der Waals surface area contributed by atoms with Gasteiger partial charge in [0.15, 0.2) is 5.54 Å². The number of ether oxygens (including phenoxy) is 2. The van der Waals surface area contributed by atoms with Crippen LogP contribution in [-0.2, 0) is 14.4 Å². The third-order valence-corrected chi connectivity index (χ3v) is 6.73. The number of hydrogen-bond acceptors (Lipinski definition) is 9. The van der Waals surface area contributed by atoms with Crippen LogP contribution in [0.15, 0.2) is 36.4 Å². The van der Waals surface area contributed by atoms with Crippen molar-refractivity contribution in [2.24, 2.45) is 11.8 Å². The zero-order valence-electron chi connectivity index (χ0n) is 19.0. The van der Waals surface area contributed by atoms with Crippen molar-refractivity contribution in [3.05, 3.63) is 57.6 Å². The van der Waals surface area contributed by atoms with E-state index in [4.69, 9.17) is 9.47 Å². The number of methoxy groups -OCH3 is 2. The molecule has 184 valence electrons. The first-order chi connectivity index (χ1) is 16.6. The van der Waals surface area contributed by atoms with Gasteiger partial charge in [0, 0.05) is 29.3 Å². The molecule has 4 rings (SSSR count). The summed E-state index contributed by atoms with van der Waals surface area (Å²) in [5.41, 5.74) is -1.57. The van der Waals surface area contributed by atoms with E-state index in [1.165, 1.54) is 32.4 Å². The molecule has 0 radical (unpaired) electrons. The minimum absolute atomic E-state index is 0.0579. The number of carboxylic acids is 1. The van der Waals surface area contributed by atoms with Crippen molar-refractivity contribution < 1.29 is 39.0 Å². The molecule has 2 saturated heterocycles. The van der Waals surface area contributed by atoms with Crippen LogP contribution in [0.1, 0.15) is 17.2 Å². The van der Waals surface area contributed by atoms with Crippen molar-refractivity contribution in [1.82, 2.24) is 5.32 Å². The van der Waals surface area contributed by atoms with Gasteiger partial charge in [-0.2, -0.15) is 0 Å². The van der Waals surface area contributed by atoms with Crippen LogP contribution in [0, 0.1) is 28.9 Å². The van der Waals surface area contributed by atoms with Gasteiger partial charge in [-0.3, -0.25) is 29.8 Å². The zero-order chi connectivity index (χ0) is 25.7. The third kappa shape index (κ3) is 3.41. The summed E-state index contributed by atoms with van der Waals surface area (Å²) >= 11 is 0. The van der Waals surface area contributed by atoms with E-state index in [1.807, 2.05) is 0 Å². The lowest BCUT2D eigenvalue weighted by molar-refractivity contribution is -0.384. The maximum absolute atomic E-state index is 13.7. The summed E-state index contributed by atoms with van der Waals surface area (Å²) in [5.74, 6) is -5.02. The number of benzene rings is 2. The van der Waals surface area contributed by atoms with E-state index in [2.05, 4.69) is 5.32 Å². The van der Waals surface area contributed by atoms with Gasteiger partial charge in [-0.15, -0.1) is 0 Å². The van der Waals surface area contributed by atoms with Gasteiger partial charge in [0.1, 0.15) is 11.5 Å². The number of aliphatic carboxylic acids is 1. The Labute approximate surface area is 199 Å². The molecule has 12 nitrogen and oxygen atoms in total. The Morgan fingerprint density at radius 2 is 1.91 bits per heavy atom. The smallest absolute Gasteiger partial charge is 0.327 e. The molecule has 2 amide bonds. The maximum atomic E-state index is 13.7. The number of rotatable bonds is 7. The lowest BCUT2D eigenvalue weighted by atomic mass is 9.79. The minimum Gasteiger partial charge on any atom is -0.496 e. The van der Waals surface area contributed by atoms with Gasteiger partial charge >= 0.3 is 5.97 Å². The zero-order valence-corrected chi connectivity index (χ0v) is 19.0. The predicted octanol–water partition coefficient (Wildman–Crippen LogP) is 1.19. The Kier molecular flexibility index (Phi) is 5.95. The molecule has 0 aliphatic carbocycles. The van der Waals surface area contributed by atoms with Crippen molar-refractivity contribution in [3.8, 4) is 11.5 Å². The number of nitro benzene ring substituents is 1. The fourth-order valence-corrected chi connectivity index (χ4v) is 5.11. The number of aliphatic hydroxyl groups excluding tert-OH is 1. The Bertz CT molecular complexity index is 1250. The van der Waals surface area contributed by atoms with E-state index < -0.39 is 52.7 Å². The highest BCUT2D eigenvalue weighted by molar-refractivity contribution is 6.24. The Hall–Kier alpha value is -4.03. The molecular formula is C23H23N3O9. The number of aliphatic hydroxyl groups is 1. The van der Waals surface area contributed by atoms with E-state index in [0.29, 0.717) is 22.6 Å². The molecule has 2 fully saturated rings. The molecule has 0 bridgehead atoms. The number of non-ortho nitro benzene ring substituents is 1. The number of nitro groups is 1. The lowest BCUT2D eigenvalue weighted by Gasteiger charge is -2.29. The Morgan fingerprint density at radius 1 is 1.20 bits per heavy atom. The molecule has 2 heterocycles. The molecule has 35 heavy (non-hydrogen) atoms. The molecule has 0 spiro atoms. The first kappa shape index (κ1) is 24.1. The fraction of sp³-hybridized carbons (Fsp3) is 0.348. The lowest BCUT2D eigenvalue weighted by Crippen LogP contribution is -2.58. The molecule has 3 N–H and O–H groups in total. The second-order valence-corrected chi connectivity index (χ2v) is 8.36. The first-order valence-electron chi connectivity index (χ1n) is 10.6. The molecule has 12 heteroatoms. The van der Waals surface area contributed by atoms with Crippen molar-refractivity contribution in [2.45, 2.75) is 18.5 Å². The average molecular weight is 485 g/mol. The summed E-state index contributed by atoms with van der Waals surface area (Å²) < 4.78 is 10.9. The van der Waals surface area contributed by atoms with Crippen LogP contribution < -0.4 is 19.7 Å². The topological polar surface area (TPSA) is 169 Å². The van der Waals surface area contributed by atoms with Crippen LogP contribution in [0.3, 0.4) is 0 Å². The molecule has 2 aromatic carbocycles. The van der Waals surface area contributed by atoms with Crippen molar-refractivity contribution in [1.29, 1.82) is 0 Å². The van der Waals surface area contributed by atoms with Gasteiger partial charge in [0.05, 0.1) is 43.3 Å². The van der Waals surface area contributed by atoms with Gasteiger partial charge in [-0.05, 0) is 19.1 Å². The number of anilines is 1. The third-order valence-electron chi connectivity index (χ3n) is 6.73. The molecule has 2 aromatic rings. The van der Waals surface area contributed by atoms with E-state index in [-0.39, 0.29) is 11.4 Å². The highest BCUT2D eigenvalue weighted by atomic mass is 16.6. The van der Waals surface area contributed by atoms with Crippen molar-refractivity contribution in [2.75, 3.05) is 25.7 Å². The minimum atomic E-state index is -2.17. The van der Waals surface area contributed by atoms with Crippen LogP contribution in [0.4, 0.5) is 11.4 Å². The summed E-state index contributed by atoms with van der Waals surface area (Å²) in [7, 11) is 2.88. The second kappa shape index (κ2) is 8.64. The van der Waals surface area contributed by atoms with Gasteiger partial charge < -0.3 is 19.7 Å². The number of nitrogens with zero attached hydrogens (tertiary/aromatic N) is 2. The quantitative estimate of drug-likeness (QED) is 0.294. The van der Waals surface area contributed by atoms with E-state index in [0.717, 1.165) is 11.0 Å². The normalized spacial score (nSPS) is 25.5. The predicted molar refractivity (Wildman–Crippen MR) is 120 cm³/mol. The number of carbonyl (C=O) groups excluding carboxylic acids is 2. The monoisotopic (exact) mass is 485 g/mol. The molecular weight excluding hydrogens is 462 g/mol. The first-order valence-corrected chi connectivity index (χ1v) is 10.6. The standard InChI is InChI=1S/C23H23N3O9/c1-11-15(34-2)8-7-14(19(11)35-3)18-16-17(23(10-27,24-18)22(30)31)21(29)25(20(16)28)12-5-4-6-13(9-12)26(32)33/h4-9,16-18,24,27H,10H2,1-3H3,(H,30,31). The van der Waals surface area contributed by atoms with Gasteiger partial charge in [-0.1, -0.05) is 12.1 Å². The average Bonchev–Trinajstić information content (AvgIpc) is 3.32. The van der Waals surface area contributed by atoms with Gasteiger partial charge in [0.2, 0.25) is 11.8 Å².